The van der Waals surface area contributed by atoms with Crippen molar-refractivity contribution in [2.45, 2.75) is 6.54 Å². The normalized spacial score (nSPS) is 17.1. The zero-order valence-corrected chi connectivity index (χ0v) is 16.1. The van der Waals surface area contributed by atoms with Gasteiger partial charge in [0.05, 0.1) is 23.9 Å². The van der Waals surface area contributed by atoms with E-state index in [4.69, 9.17) is 4.42 Å². The Balaban J connectivity index is 1.63. The van der Waals surface area contributed by atoms with Crippen LogP contribution in [0.3, 0.4) is 0 Å². The van der Waals surface area contributed by atoms with Crippen molar-refractivity contribution in [1.29, 1.82) is 0 Å². The highest BCUT2D eigenvalue weighted by Crippen LogP contribution is 2.33. The minimum Gasteiger partial charge on any atom is -0.507 e. The monoisotopic (exact) mass is 403 g/mol. The lowest BCUT2D eigenvalue weighted by atomic mass is 10.2. The summed E-state index contributed by atoms with van der Waals surface area (Å²) in [5, 5.41) is 18.6. The molecule has 2 aromatic carbocycles. The molecule has 7 heteroatoms. The quantitative estimate of drug-likeness (QED) is 0.387. The third-order valence-electron chi connectivity index (χ3n) is 4.16. The summed E-state index contributed by atoms with van der Waals surface area (Å²) in [7, 11) is 0. The second-order valence-corrected chi connectivity index (χ2v) is 7.19. The Morgan fingerprint density at radius 3 is 2.59 bits per heavy atom. The Hall–Kier alpha value is -3.58. The summed E-state index contributed by atoms with van der Waals surface area (Å²) in [6.07, 6.45) is 4.85. The number of phenols is 1. The summed E-state index contributed by atoms with van der Waals surface area (Å²) in [6, 6.07) is 20.0. The summed E-state index contributed by atoms with van der Waals surface area (Å²) in [5.74, 6) is 0.604. The molecular formula is C22H17N3O3S. The molecule has 0 saturated carbocycles. The Morgan fingerprint density at radius 1 is 1.03 bits per heavy atom. The maximum atomic E-state index is 13.0. The molecule has 29 heavy (non-hydrogen) atoms. The summed E-state index contributed by atoms with van der Waals surface area (Å²) in [6.45, 7) is 0.260. The molecule has 1 saturated heterocycles. The number of phenolic OH excluding ortho intramolecular Hbond substituents is 1. The number of hydrogen-bond acceptors (Lipinski definition) is 6. The number of rotatable bonds is 5. The van der Waals surface area contributed by atoms with Crippen LogP contribution in [0.1, 0.15) is 16.9 Å². The van der Waals surface area contributed by atoms with Crippen molar-refractivity contribution in [3.05, 3.63) is 94.8 Å². The first-order chi connectivity index (χ1) is 14.2. The summed E-state index contributed by atoms with van der Waals surface area (Å²) >= 11 is 1.25. The van der Waals surface area contributed by atoms with Gasteiger partial charge in [-0.05, 0) is 47.7 Å². The van der Waals surface area contributed by atoms with E-state index >= 15 is 0 Å². The lowest BCUT2D eigenvalue weighted by Crippen LogP contribution is -2.28. The van der Waals surface area contributed by atoms with Gasteiger partial charge in [-0.25, -0.2) is 0 Å². The summed E-state index contributed by atoms with van der Waals surface area (Å²) in [4.78, 5) is 15.0. The Labute approximate surface area is 171 Å². The number of furan rings is 1. The van der Waals surface area contributed by atoms with Gasteiger partial charge in [-0.2, -0.15) is 5.10 Å². The predicted octanol–water partition coefficient (Wildman–Crippen LogP) is 4.49. The van der Waals surface area contributed by atoms with Crippen molar-refractivity contribution in [3.8, 4) is 5.75 Å². The van der Waals surface area contributed by atoms with Gasteiger partial charge in [0.25, 0.3) is 5.91 Å². The first-order valence-electron chi connectivity index (χ1n) is 8.88. The molecular weight excluding hydrogens is 386 g/mol. The lowest BCUT2D eigenvalue weighted by Gasteiger charge is -2.12. The highest BCUT2D eigenvalue weighted by molar-refractivity contribution is 8.18. The van der Waals surface area contributed by atoms with Gasteiger partial charge in [0.1, 0.15) is 11.5 Å². The number of carbonyl (C=O) groups excluding carboxylic acids is 1. The van der Waals surface area contributed by atoms with Crippen molar-refractivity contribution in [2.24, 2.45) is 10.2 Å². The standard InChI is InChI=1S/C22H17N3O3S/c26-19-11-5-4-9-17(19)14-23-24-22-25(15-18-10-6-12-28-18)21(27)20(29-22)13-16-7-2-1-3-8-16/h1-14,26H,15H2/b20-13-,23-14-,24-22+. The molecule has 4 rings (SSSR count). The van der Waals surface area contributed by atoms with Crippen LogP contribution in [0.15, 0.2) is 92.5 Å². The first kappa shape index (κ1) is 18.8. The first-order valence-corrected chi connectivity index (χ1v) is 9.70. The van der Waals surface area contributed by atoms with Crippen molar-refractivity contribution >= 4 is 35.1 Å². The van der Waals surface area contributed by atoms with E-state index in [1.807, 2.05) is 36.4 Å². The number of thioether (sulfide) groups is 1. The Morgan fingerprint density at radius 2 is 1.83 bits per heavy atom. The molecule has 1 aliphatic heterocycles. The lowest BCUT2D eigenvalue weighted by molar-refractivity contribution is -0.122. The molecule has 0 bridgehead atoms. The average Bonchev–Trinajstić information content (AvgIpc) is 3.35. The fourth-order valence-corrected chi connectivity index (χ4v) is 3.65. The molecule has 1 aromatic heterocycles. The van der Waals surface area contributed by atoms with Crippen LogP contribution in [0.5, 0.6) is 5.75 Å². The molecule has 0 unspecified atom stereocenters. The van der Waals surface area contributed by atoms with Gasteiger partial charge in [-0.1, -0.05) is 42.5 Å². The van der Waals surface area contributed by atoms with Crippen LogP contribution in [0.2, 0.25) is 0 Å². The maximum absolute atomic E-state index is 13.0. The number of benzene rings is 2. The van der Waals surface area contributed by atoms with Crippen LogP contribution in [0.4, 0.5) is 0 Å². The van der Waals surface area contributed by atoms with E-state index in [2.05, 4.69) is 10.2 Å². The molecule has 1 fully saturated rings. The van der Waals surface area contributed by atoms with Gasteiger partial charge in [-0.15, -0.1) is 5.10 Å². The van der Waals surface area contributed by atoms with Crippen molar-refractivity contribution in [3.63, 3.8) is 0 Å². The van der Waals surface area contributed by atoms with Crippen molar-refractivity contribution in [2.75, 3.05) is 0 Å². The predicted molar refractivity (Wildman–Crippen MR) is 114 cm³/mol. The minimum atomic E-state index is -0.160. The molecule has 1 N–H and O–H groups in total. The second kappa shape index (κ2) is 8.62. The van der Waals surface area contributed by atoms with Crippen LogP contribution < -0.4 is 0 Å². The molecule has 0 radical (unpaired) electrons. The minimum absolute atomic E-state index is 0.115. The van der Waals surface area contributed by atoms with Gasteiger partial charge < -0.3 is 9.52 Å². The molecule has 144 valence electrons. The number of amidine groups is 1. The molecule has 1 amide bonds. The third-order valence-corrected chi connectivity index (χ3v) is 5.15. The number of para-hydroxylation sites is 1. The van der Waals surface area contributed by atoms with Gasteiger partial charge in [0.15, 0.2) is 5.17 Å². The van der Waals surface area contributed by atoms with Crippen molar-refractivity contribution < 1.29 is 14.3 Å². The van der Waals surface area contributed by atoms with E-state index in [-0.39, 0.29) is 18.2 Å². The second-order valence-electron chi connectivity index (χ2n) is 6.18. The molecule has 3 aromatic rings. The number of amides is 1. The van der Waals surface area contributed by atoms with Gasteiger partial charge in [-0.3, -0.25) is 9.69 Å². The van der Waals surface area contributed by atoms with Crippen LogP contribution in [-0.4, -0.2) is 27.3 Å². The largest absolute Gasteiger partial charge is 0.507 e. The Kier molecular flexibility index (Phi) is 5.58. The van der Waals surface area contributed by atoms with E-state index in [1.165, 1.54) is 22.9 Å². The highest BCUT2D eigenvalue weighted by Gasteiger charge is 2.34. The molecule has 0 spiro atoms. The van der Waals surface area contributed by atoms with Crippen LogP contribution in [-0.2, 0) is 11.3 Å². The van der Waals surface area contributed by atoms with Crippen LogP contribution >= 0.6 is 11.8 Å². The van der Waals surface area contributed by atoms with E-state index in [0.29, 0.717) is 21.4 Å². The SMILES string of the molecule is O=C1/C(=C/c2ccccc2)S/C(=N/N=C\c2ccccc2O)N1Cc1ccco1. The van der Waals surface area contributed by atoms with Gasteiger partial charge >= 0.3 is 0 Å². The molecule has 0 atom stereocenters. The van der Waals surface area contributed by atoms with Crippen LogP contribution in [0, 0.1) is 0 Å². The van der Waals surface area contributed by atoms with E-state index in [0.717, 1.165) is 5.56 Å². The zero-order valence-electron chi connectivity index (χ0n) is 15.3. The molecule has 6 nitrogen and oxygen atoms in total. The fourth-order valence-electron chi connectivity index (χ4n) is 2.72. The molecule has 2 heterocycles. The van der Waals surface area contributed by atoms with E-state index < -0.39 is 0 Å². The summed E-state index contributed by atoms with van der Waals surface area (Å²) in [5.41, 5.74) is 1.48. The molecule has 1 aliphatic rings. The average molecular weight is 403 g/mol. The number of carbonyl (C=O) groups is 1. The van der Waals surface area contributed by atoms with E-state index in [9.17, 15) is 9.90 Å². The number of aromatic hydroxyl groups is 1. The van der Waals surface area contributed by atoms with Gasteiger partial charge in [0, 0.05) is 5.56 Å². The van der Waals surface area contributed by atoms with Gasteiger partial charge in [0.2, 0.25) is 0 Å². The van der Waals surface area contributed by atoms with Crippen LogP contribution in [0.25, 0.3) is 6.08 Å². The molecule has 0 aliphatic carbocycles. The Bertz CT molecular complexity index is 1090. The van der Waals surface area contributed by atoms with E-state index in [1.54, 1.807) is 42.7 Å². The number of hydrogen-bond donors (Lipinski definition) is 1. The highest BCUT2D eigenvalue weighted by atomic mass is 32.2. The summed E-state index contributed by atoms with van der Waals surface area (Å²) < 4.78 is 5.39. The zero-order chi connectivity index (χ0) is 20.1. The fraction of sp³-hybridized carbons (Fsp3) is 0.0455. The maximum Gasteiger partial charge on any atom is 0.267 e. The van der Waals surface area contributed by atoms with Crippen molar-refractivity contribution in [1.82, 2.24) is 4.90 Å². The topological polar surface area (TPSA) is 78.4 Å². The number of nitrogens with zero attached hydrogens (tertiary/aromatic N) is 3. The third kappa shape index (κ3) is 4.47. The smallest absolute Gasteiger partial charge is 0.267 e.